The first kappa shape index (κ1) is 13.8. The minimum Gasteiger partial charge on any atom is -0.381 e. The first-order valence-corrected chi connectivity index (χ1v) is 7.04. The largest absolute Gasteiger partial charge is 0.381 e. The van der Waals surface area contributed by atoms with Crippen LogP contribution in [0.5, 0.6) is 0 Å². The molecule has 1 amide bonds. The number of piperidine rings is 1. The fourth-order valence-corrected chi connectivity index (χ4v) is 2.70. The number of hydrogen-bond acceptors (Lipinski definition) is 4. The Balaban J connectivity index is 1.65. The van der Waals surface area contributed by atoms with Gasteiger partial charge < -0.3 is 15.4 Å². The fourth-order valence-electron chi connectivity index (χ4n) is 2.70. The predicted molar refractivity (Wildman–Crippen MR) is 70.5 cm³/mol. The van der Waals surface area contributed by atoms with E-state index in [1.165, 1.54) is 0 Å². The molecule has 2 saturated heterocycles. The van der Waals surface area contributed by atoms with Gasteiger partial charge in [-0.1, -0.05) is 0 Å². The van der Waals surface area contributed by atoms with Crippen LogP contribution in [0.2, 0.25) is 0 Å². The highest BCUT2D eigenvalue weighted by molar-refractivity contribution is 5.78. The van der Waals surface area contributed by atoms with Crippen LogP contribution in [0.15, 0.2) is 0 Å². The van der Waals surface area contributed by atoms with Crippen molar-refractivity contribution < 1.29 is 9.53 Å². The molecule has 18 heavy (non-hydrogen) atoms. The molecule has 2 fully saturated rings. The molecule has 2 aliphatic rings. The molecule has 0 saturated carbocycles. The van der Waals surface area contributed by atoms with E-state index in [9.17, 15) is 4.79 Å². The minimum atomic E-state index is 0.171. The van der Waals surface area contributed by atoms with Gasteiger partial charge in [-0.2, -0.15) is 0 Å². The summed E-state index contributed by atoms with van der Waals surface area (Å²) in [6.07, 6.45) is 4.18. The van der Waals surface area contributed by atoms with Crippen LogP contribution in [0.25, 0.3) is 0 Å². The predicted octanol–water partition coefficient (Wildman–Crippen LogP) is -0.0346. The second-order valence-electron chi connectivity index (χ2n) is 5.29. The highest BCUT2D eigenvalue weighted by Crippen LogP contribution is 2.10. The van der Waals surface area contributed by atoms with Gasteiger partial charge in [-0.05, 0) is 32.7 Å². The molecule has 0 unspecified atom stereocenters. The van der Waals surface area contributed by atoms with Crippen molar-refractivity contribution in [3.63, 3.8) is 0 Å². The molecule has 2 aliphatic heterocycles. The maximum absolute atomic E-state index is 11.9. The van der Waals surface area contributed by atoms with Gasteiger partial charge in [-0.15, -0.1) is 0 Å². The molecule has 0 aromatic carbocycles. The van der Waals surface area contributed by atoms with E-state index in [0.29, 0.717) is 18.6 Å². The number of amides is 1. The van der Waals surface area contributed by atoms with Gasteiger partial charge in [-0.3, -0.25) is 9.69 Å². The van der Waals surface area contributed by atoms with Crippen molar-refractivity contribution >= 4 is 5.91 Å². The molecule has 0 spiro atoms. The van der Waals surface area contributed by atoms with Crippen molar-refractivity contribution in [3.05, 3.63) is 0 Å². The molecule has 2 heterocycles. The molecular formula is C13H25N3O2. The van der Waals surface area contributed by atoms with Crippen molar-refractivity contribution in [1.29, 1.82) is 0 Å². The van der Waals surface area contributed by atoms with Gasteiger partial charge in [-0.25, -0.2) is 0 Å². The molecule has 0 aromatic heterocycles. The zero-order valence-corrected chi connectivity index (χ0v) is 11.3. The summed E-state index contributed by atoms with van der Waals surface area (Å²) in [5.41, 5.74) is 0. The summed E-state index contributed by atoms with van der Waals surface area (Å²) in [6.45, 7) is 4.14. The van der Waals surface area contributed by atoms with Crippen LogP contribution in [0, 0.1) is 0 Å². The van der Waals surface area contributed by atoms with E-state index < -0.39 is 0 Å². The van der Waals surface area contributed by atoms with Crippen molar-refractivity contribution in [2.45, 2.75) is 37.8 Å². The summed E-state index contributed by atoms with van der Waals surface area (Å²) in [5.74, 6) is 0.171. The summed E-state index contributed by atoms with van der Waals surface area (Å²) in [4.78, 5) is 14.2. The number of hydrogen-bond donors (Lipinski definition) is 2. The maximum atomic E-state index is 11.9. The molecular weight excluding hydrogens is 230 g/mol. The van der Waals surface area contributed by atoms with Crippen molar-refractivity contribution in [2.75, 3.05) is 39.9 Å². The zero-order valence-electron chi connectivity index (χ0n) is 11.3. The highest BCUT2D eigenvalue weighted by Gasteiger charge is 2.21. The van der Waals surface area contributed by atoms with Crippen molar-refractivity contribution in [2.24, 2.45) is 0 Å². The Morgan fingerprint density at radius 2 is 1.83 bits per heavy atom. The van der Waals surface area contributed by atoms with Gasteiger partial charge in [0.05, 0.1) is 6.54 Å². The SMILES string of the molecule is CNC1CCN(CC(=O)NC2CCOCC2)CC1. The highest BCUT2D eigenvalue weighted by atomic mass is 16.5. The van der Waals surface area contributed by atoms with Gasteiger partial charge in [0.1, 0.15) is 0 Å². The number of carbonyl (C=O) groups is 1. The first-order valence-electron chi connectivity index (χ1n) is 7.04. The smallest absolute Gasteiger partial charge is 0.234 e. The van der Waals surface area contributed by atoms with Gasteiger partial charge in [0.2, 0.25) is 5.91 Å². The van der Waals surface area contributed by atoms with E-state index in [1.807, 2.05) is 7.05 Å². The summed E-state index contributed by atoms with van der Waals surface area (Å²) in [5, 5.41) is 6.42. The number of carbonyl (C=O) groups excluding carboxylic acids is 1. The lowest BCUT2D eigenvalue weighted by Gasteiger charge is -2.32. The van der Waals surface area contributed by atoms with Crippen molar-refractivity contribution in [1.82, 2.24) is 15.5 Å². The van der Waals surface area contributed by atoms with Crippen LogP contribution in [0.1, 0.15) is 25.7 Å². The second kappa shape index (κ2) is 7.07. The molecule has 0 atom stereocenters. The zero-order chi connectivity index (χ0) is 12.8. The molecule has 0 bridgehead atoms. The van der Waals surface area contributed by atoms with E-state index in [1.54, 1.807) is 0 Å². The molecule has 2 rings (SSSR count). The van der Waals surface area contributed by atoms with E-state index in [-0.39, 0.29) is 5.91 Å². The fraction of sp³-hybridized carbons (Fsp3) is 0.923. The average molecular weight is 255 g/mol. The van der Waals surface area contributed by atoms with E-state index in [0.717, 1.165) is 52.0 Å². The Morgan fingerprint density at radius 3 is 2.44 bits per heavy atom. The van der Waals surface area contributed by atoms with Crippen LogP contribution >= 0.6 is 0 Å². The van der Waals surface area contributed by atoms with E-state index in [4.69, 9.17) is 4.74 Å². The molecule has 0 radical (unpaired) electrons. The van der Waals surface area contributed by atoms with Crippen LogP contribution in [-0.2, 0) is 9.53 Å². The summed E-state index contributed by atoms with van der Waals surface area (Å²) < 4.78 is 5.29. The third kappa shape index (κ3) is 4.23. The van der Waals surface area contributed by atoms with Gasteiger partial charge >= 0.3 is 0 Å². The van der Waals surface area contributed by atoms with Crippen LogP contribution in [-0.4, -0.2) is 62.8 Å². The number of rotatable bonds is 4. The number of likely N-dealkylation sites (tertiary alicyclic amines) is 1. The maximum Gasteiger partial charge on any atom is 0.234 e. The summed E-state index contributed by atoms with van der Waals surface area (Å²) in [6, 6.07) is 0.945. The third-order valence-electron chi connectivity index (χ3n) is 3.95. The van der Waals surface area contributed by atoms with Crippen LogP contribution in [0.4, 0.5) is 0 Å². The van der Waals surface area contributed by atoms with Gasteiger partial charge in [0.25, 0.3) is 0 Å². The van der Waals surface area contributed by atoms with Crippen LogP contribution < -0.4 is 10.6 Å². The Bertz CT molecular complexity index is 259. The lowest BCUT2D eigenvalue weighted by Crippen LogP contribution is -2.48. The van der Waals surface area contributed by atoms with Crippen molar-refractivity contribution in [3.8, 4) is 0 Å². The molecule has 0 aliphatic carbocycles. The Kier molecular flexibility index (Phi) is 5.41. The second-order valence-corrected chi connectivity index (χ2v) is 5.29. The monoisotopic (exact) mass is 255 g/mol. The Hall–Kier alpha value is -0.650. The first-order chi connectivity index (χ1) is 8.78. The number of nitrogens with zero attached hydrogens (tertiary/aromatic N) is 1. The van der Waals surface area contributed by atoms with Gasteiger partial charge in [0.15, 0.2) is 0 Å². The summed E-state index contributed by atoms with van der Waals surface area (Å²) in [7, 11) is 2.01. The summed E-state index contributed by atoms with van der Waals surface area (Å²) >= 11 is 0. The molecule has 2 N–H and O–H groups in total. The van der Waals surface area contributed by atoms with E-state index in [2.05, 4.69) is 15.5 Å². The molecule has 0 aromatic rings. The van der Waals surface area contributed by atoms with Crippen LogP contribution in [0.3, 0.4) is 0 Å². The quantitative estimate of drug-likeness (QED) is 0.740. The average Bonchev–Trinajstić information content (AvgIpc) is 2.40. The third-order valence-corrected chi connectivity index (χ3v) is 3.95. The molecule has 5 nitrogen and oxygen atoms in total. The van der Waals surface area contributed by atoms with E-state index >= 15 is 0 Å². The Labute approximate surface area is 109 Å². The number of nitrogens with one attached hydrogen (secondary N) is 2. The molecule has 104 valence electrons. The lowest BCUT2D eigenvalue weighted by atomic mass is 10.1. The lowest BCUT2D eigenvalue weighted by molar-refractivity contribution is -0.123. The standard InChI is InChI=1S/C13H25N3O2/c1-14-11-2-6-16(7-3-11)10-13(17)15-12-4-8-18-9-5-12/h11-12,14H,2-10H2,1H3,(H,15,17). The topological polar surface area (TPSA) is 53.6 Å². The molecule has 5 heteroatoms. The normalized spacial score (nSPS) is 24.1. The number of ether oxygens (including phenoxy) is 1. The Morgan fingerprint density at radius 1 is 1.17 bits per heavy atom. The minimum absolute atomic E-state index is 0.171. The van der Waals surface area contributed by atoms with Gasteiger partial charge in [0, 0.05) is 38.4 Å².